The lowest BCUT2D eigenvalue weighted by molar-refractivity contribution is 0.868. The third-order valence-corrected chi connectivity index (χ3v) is 3.99. The first-order valence-electron chi connectivity index (χ1n) is 7.49. The van der Waals surface area contributed by atoms with Gasteiger partial charge in [-0.05, 0) is 53.6 Å². The highest BCUT2D eigenvalue weighted by atomic mass is 15.4. The molecular weight excluding hydrogens is 272 g/mol. The summed E-state index contributed by atoms with van der Waals surface area (Å²) in [6, 6.07) is 8.92. The molecule has 2 aliphatic carbocycles. The van der Waals surface area contributed by atoms with Crippen molar-refractivity contribution >= 4 is 6.21 Å². The predicted octanol–water partition coefficient (Wildman–Crippen LogP) is 4.01. The first kappa shape index (κ1) is 14.4. The van der Waals surface area contributed by atoms with Crippen molar-refractivity contribution in [2.24, 2.45) is 5.10 Å². The molecule has 0 amide bonds. The molecule has 0 spiro atoms. The third kappa shape index (κ3) is 2.64. The molecule has 2 aliphatic rings. The van der Waals surface area contributed by atoms with Gasteiger partial charge in [0.25, 0.3) is 0 Å². The Kier molecular flexibility index (Phi) is 3.75. The molecule has 0 atom stereocenters. The summed E-state index contributed by atoms with van der Waals surface area (Å²) in [5, 5.41) is 11.9. The Morgan fingerprint density at radius 3 is 2.45 bits per heavy atom. The number of nitrogens with zero attached hydrogens (tertiary/aromatic N) is 4. The molecule has 4 heteroatoms. The van der Waals surface area contributed by atoms with E-state index in [0.29, 0.717) is 5.92 Å². The van der Waals surface area contributed by atoms with Gasteiger partial charge in [0.15, 0.2) is 0 Å². The van der Waals surface area contributed by atoms with Crippen LogP contribution in [0.3, 0.4) is 0 Å². The summed E-state index contributed by atoms with van der Waals surface area (Å²) in [6.07, 6.45) is 5.04. The van der Waals surface area contributed by atoms with E-state index in [1.165, 1.54) is 27.8 Å². The molecule has 4 nitrogen and oxygen atoms in total. The number of rotatable bonds is 3. The molecular formula is C18H20N4. The summed E-state index contributed by atoms with van der Waals surface area (Å²) in [5.74, 6) is 0.512. The summed E-state index contributed by atoms with van der Waals surface area (Å²) < 4.78 is 1.60. The summed E-state index contributed by atoms with van der Waals surface area (Å²) in [6.45, 7) is 8.76. The number of fused-ring (bicyclic) bond motifs is 1. The predicted molar refractivity (Wildman–Crippen MR) is 89.6 cm³/mol. The Labute approximate surface area is 130 Å². The summed E-state index contributed by atoms with van der Waals surface area (Å²) in [5.41, 5.74) is 7.60. The number of hydrogen-bond acceptors (Lipinski definition) is 3. The largest absolute Gasteiger partial charge is 0.208 e. The summed E-state index contributed by atoms with van der Waals surface area (Å²) in [7, 11) is 0. The lowest BCUT2D eigenvalue weighted by atomic mass is 10.0. The van der Waals surface area contributed by atoms with Crippen LogP contribution in [0.5, 0.6) is 0 Å². The molecule has 112 valence electrons. The number of aromatic nitrogens is 3. The molecule has 0 fully saturated rings. The van der Waals surface area contributed by atoms with E-state index in [-0.39, 0.29) is 0 Å². The quantitative estimate of drug-likeness (QED) is 0.685. The van der Waals surface area contributed by atoms with Gasteiger partial charge in [0.2, 0.25) is 0 Å². The normalized spacial score (nSPS) is 11.9. The zero-order valence-corrected chi connectivity index (χ0v) is 13.4. The topological polar surface area (TPSA) is 43.1 Å². The van der Waals surface area contributed by atoms with Crippen LogP contribution in [-0.4, -0.2) is 21.1 Å². The lowest BCUT2D eigenvalue weighted by Gasteiger charge is -2.04. The summed E-state index contributed by atoms with van der Waals surface area (Å²) >= 11 is 0. The smallest absolute Gasteiger partial charge is 0.141 e. The average Bonchev–Trinajstić information content (AvgIpc) is 3.04. The first-order chi connectivity index (χ1) is 10.6. The van der Waals surface area contributed by atoms with Crippen LogP contribution in [0.25, 0.3) is 11.1 Å². The standard InChI is InChI=1S/C18H20N4/c1-12(2)15-6-5-13(3)18-16(7-14(4)17(18)8-15)9-21-22-10-19-20-11-22/h5-12H,1-4H3/b21-9-. The van der Waals surface area contributed by atoms with E-state index >= 15 is 0 Å². The van der Waals surface area contributed by atoms with Crippen molar-refractivity contribution in [1.29, 1.82) is 0 Å². The van der Waals surface area contributed by atoms with E-state index < -0.39 is 0 Å². The van der Waals surface area contributed by atoms with E-state index in [0.717, 1.165) is 5.56 Å². The van der Waals surface area contributed by atoms with Crippen LogP contribution in [0.2, 0.25) is 0 Å². The fourth-order valence-corrected chi connectivity index (χ4v) is 2.73. The highest BCUT2D eigenvalue weighted by Crippen LogP contribution is 2.35. The van der Waals surface area contributed by atoms with Crippen LogP contribution in [0, 0.1) is 13.8 Å². The van der Waals surface area contributed by atoms with Crippen LogP contribution in [-0.2, 0) is 0 Å². The van der Waals surface area contributed by atoms with Crippen molar-refractivity contribution in [3.05, 3.63) is 59.2 Å². The van der Waals surface area contributed by atoms with E-state index in [1.54, 1.807) is 17.3 Å². The minimum absolute atomic E-state index is 0.512. The molecule has 1 aromatic heterocycles. The van der Waals surface area contributed by atoms with Gasteiger partial charge in [0.05, 0.1) is 6.21 Å². The fraction of sp³-hybridized carbons (Fsp3) is 0.278. The fourth-order valence-electron chi connectivity index (χ4n) is 2.73. The van der Waals surface area contributed by atoms with Gasteiger partial charge in [-0.3, -0.25) is 0 Å². The van der Waals surface area contributed by atoms with Gasteiger partial charge in [0.1, 0.15) is 12.7 Å². The second-order valence-corrected chi connectivity index (χ2v) is 5.97. The molecule has 1 heterocycles. The van der Waals surface area contributed by atoms with Gasteiger partial charge in [-0.25, -0.2) is 4.68 Å². The maximum atomic E-state index is 4.39. The van der Waals surface area contributed by atoms with Gasteiger partial charge in [0, 0.05) is 5.56 Å². The van der Waals surface area contributed by atoms with Crippen LogP contribution in [0.15, 0.2) is 42.0 Å². The minimum Gasteiger partial charge on any atom is -0.208 e. The molecule has 1 aromatic rings. The van der Waals surface area contributed by atoms with Gasteiger partial charge >= 0.3 is 0 Å². The second-order valence-electron chi connectivity index (χ2n) is 5.97. The van der Waals surface area contributed by atoms with E-state index in [1.807, 2.05) is 6.21 Å². The van der Waals surface area contributed by atoms with Gasteiger partial charge in [-0.1, -0.05) is 32.0 Å². The highest BCUT2D eigenvalue weighted by Gasteiger charge is 2.15. The molecule has 22 heavy (non-hydrogen) atoms. The first-order valence-corrected chi connectivity index (χ1v) is 7.49. The van der Waals surface area contributed by atoms with Crippen molar-refractivity contribution in [2.45, 2.75) is 33.6 Å². The highest BCUT2D eigenvalue weighted by molar-refractivity contribution is 5.95. The van der Waals surface area contributed by atoms with Crippen molar-refractivity contribution < 1.29 is 0 Å². The van der Waals surface area contributed by atoms with Crippen molar-refractivity contribution in [1.82, 2.24) is 14.9 Å². The van der Waals surface area contributed by atoms with E-state index in [9.17, 15) is 0 Å². The van der Waals surface area contributed by atoms with Crippen molar-refractivity contribution in [3.8, 4) is 11.1 Å². The molecule has 0 radical (unpaired) electrons. The molecule has 0 saturated heterocycles. The maximum Gasteiger partial charge on any atom is 0.141 e. The van der Waals surface area contributed by atoms with E-state index in [2.05, 4.69) is 67.3 Å². The Morgan fingerprint density at radius 1 is 1.05 bits per heavy atom. The van der Waals surface area contributed by atoms with Gasteiger partial charge in [-0.15, -0.1) is 10.2 Å². The maximum absolute atomic E-state index is 4.39. The Balaban J connectivity index is 2.12. The SMILES string of the molecule is Cc1cc(/C=N\n2cnnc2)c2c(C)ccc(C(C)C)cc1-2. The molecule has 0 aromatic carbocycles. The monoisotopic (exact) mass is 292 g/mol. The summed E-state index contributed by atoms with van der Waals surface area (Å²) in [4.78, 5) is 0. The van der Waals surface area contributed by atoms with Crippen LogP contribution in [0.4, 0.5) is 0 Å². The molecule has 0 aliphatic heterocycles. The van der Waals surface area contributed by atoms with Crippen LogP contribution < -0.4 is 0 Å². The van der Waals surface area contributed by atoms with Gasteiger partial charge in [-0.2, -0.15) is 5.10 Å². The molecule has 0 N–H and O–H groups in total. The molecule has 0 bridgehead atoms. The zero-order valence-electron chi connectivity index (χ0n) is 13.4. The number of hydrogen-bond donors (Lipinski definition) is 0. The minimum atomic E-state index is 0.512. The average molecular weight is 292 g/mol. The van der Waals surface area contributed by atoms with Crippen LogP contribution in [0.1, 0.15) is 42.0 Å². The molecule has 3 rings (SSSR count). The molecule has 0 unspecified atom stereocenters. The molecule has 0 saturated carbocycles. The lowest BCUT2D eigenvalue weighted by Crippen LogP contribution is -1.88. The Bertz CT molecular complexity index is 785. The van der Waals surface area contributed by atoms with Crippen molar-refractivity contribution in [3.63, 3.8) is 0 Å². The third-order valence-electron chi connectivity index (χ3n) is 3.99. The Morgan fingerprint density at radius 2 is 1.77 bits per heavy atom. The van der Waals surface area contributed by atoms with Gasteiger partial charge < -0.3 is 0 Å². The second kappa shape index (κ2) is 5.72. The zero-order chi connectivity index (χ0) is 15.7. The van der Waals surface area contributed by atoms with Crippen molar-refractivity contribution in [2.75, 3.05) is 0 Å². The van der Waals surface area contributed by atoms with Crippen LogP contribution >= 0.6 is 0 Å². The Hall–Kier alpha value is -2.49. The number of aryl methyl sites for hydroxylation is 2. The van der Waals surface area contributed by atoms with E-state index in [4.69, 9.17) is 0 Å².